The van der Waals surface area contributed by atoms with Crippen molar-refractivity contribution in [2.75, 3.05) is 0 Å². The molecule has 1 aromatic carbocycles. The zero-order valence-corrected chi connectivity index (χ0v) is 9.80. The van der Waals surface area contributed by atoms with Crippen LogP contribution in [0.3, 0.4) is 0 Å². The number of hydrogen-bond donors (Lipinski definition) is 1. The van der Waals surface area contributed by atoms with E-state index in [0.717, 1.165) is 16.5 Å². The van der Waals surface area contributed by atoms with Gasteiger partial charge in [-0.3, -0.25) is 9.59 Å². The molecular weight excluding hydrogens is 230 g/mol. The number of fused-ring (bicyclic) bond motifs is 1. The number of carbonyl (C=O) groups is 2. The summed E-state index contributed by atoms with van der Waals surface area (Å²) < 4.78 is 0. The fraction of sp³-hybridized carbons (Fsp3) is 0.231. The van der Waals surface area contributed by atoms with E-state index in [4.69, 9.17) is 0 Å². The monoisotopic (exact) mass is 241 g/mol. The molecule has 0 bridgehead atoms. The molecule has 2 aliphatic heterocycles. The highest BCUT2D eigenvalue weighted by molar-refractivity contribution is 6.08. The summed E-state index contributed by atoms with van der Waals surface area (Å²) in [5.41, 5.74) is 4.24. The number of benzene rings is 1. The van der Waals surface area contributed by atoms with Crippen molar-refractivity contribution in [3.63, 3.8) is 0 Å². The van der Waals surface area contributed by atoms with Gasteiger partial charge in [-0.05, 0) is 17.7 Å². The van der Waals surface area contributed by atoms with Gasteiger partial charge in [0.1, 0.15) is 0 Å². The molecule has 1 unspecified atom stereocenters. The third-order valence-electron chi connectivity index (χ3n) is 3.09. The van der Waals surface area contributed by atoms with E-state index in [1.165, 1.54) is 6.08 Å². The number of carbonyl (C=O) groups excluding carboxylic acids is 2. The molecule has 0 aromatic heterocycles. The zero-order chi connectivity index (χ0) is 12.7. The van der Waals surface area contributed by atoms with Crippen molar-refractivity contribution in [3.8, 4) is 0 Å². The van der Waals surface area contributed by atoms with Crippen molar-refractivity contribution in [1.29, 1.82) is 0 Å². The number of nitrogens with one attached hydrogen (secondary N) is 1. The van der Waals surface area contributed by atoms with Crippen LogP contribution in [0.4, 0.5) is 0 Å². The molecule has 5 nitrogen and oxygen atoms in total. The average Bonchev–Trinajstić information content (AvgIpc) is 2.68. The maximum atomic E-state index is 11.2. The molecule has 0 radical (unpaired) electrons. The quantitative estimate of drug-likeness (QED) is 0.719. The summed E-state index contributed by atoms with van der Waals surface area (Å²) in [5.74, 6) is -0.218. The molecule has 0 spiro atoms. The number of hydrazone groups is 1. The molecular formula is C13H11N3O2. The second-order valence-electron chi connectivity index (χ2n) is 4.51. The lowest BCUT2D eigenvalue weighted by Gasteiger charge is -2.18. The highest BCUT2D eigenvalue weighted by Crippen LogP contribution is 2.14. The number of nitrogens with zero attached hydrogens (tertiary/aromatic N) is 2. The second-order valence-corrected chi connectivity index (χ2v) is 4.51. The molecule has 2 aliphatic rings. The van der Waals surface area contributed by atoms with Crippen molar-refractivity contribution >= 4 is 23.6 Å². The van der Waals surface area contributed by atoms with Gasteiger partial charge in [-0.1, -0.05) is 13.0 Å². The van der Waals surface area contributed by atoms with Crippen LogP contribution in [0.25, 0.3) is 6.08 Å². The Morgan fingerprint density at radius 1 is 1.33 bits per heavy atom. The van der Waals surface area contributed by atoms with Crippen LogP contribution in [0, 0.1) is 5.92 Å². The van der Waals surface area contributed by atoms with E-state index in [1.54, 1.807) is 6.07 Å². The molecule has 18 heavy (non-hydrogen) atoms. The Labute approximate surface area is 103 Å². The summed E-state index contributed by atoms with van der Waals surface area (Å²) in [7, 11) is 0. The Balaban J connectivity index is 2.08. The summed E-state index contributed by atoms with van der Waals surface area (Å²) in [6.07, 6.45) is 1.94. The first-order valence-corrected chi connectivity index (χ1v) is 5.75. The molecule has 1 aromatic rings. The smallest absolute Gasteiger partial charge is 0.270 e. The van der Waals surface area contributed by atoms with E-state index in [-0.39, 0.29) is 17.7 Å². The molecule has 0 saturated carbocycles. The maximum absolute atomic E-state index is 11.2. The van der Waals surface area contributed by atoms with Gasteiger partial charge in [0.25, 0.3) is 5.91 Å². The van der Waals surface area contributed by atoms with Gasteiger partial charge < -0.3 is 0 Å². The van der Waals surface area contributed by atoms with Crippen molar-refractivity contribution in [1.82, 2.24) is 5.43 Å². The zero-order valence-electron chi connectivity index (χ0n) is 9.80. The van der Waals surface area contributed by atoms with Gasteiger partial charge in [-0.2, -0.15) is 5.10 Å². The summed E-state index contributed by atoms with van der Waals surface area (Å²) in [6.45, 7) is 1.96. The largest absolute Gasteiger partial charge is 0.273 e. The predicted octanol–water partition coefficient (Wildman–Crippen LogP) is -0.513. The molecule has 2 amide bonds. The van der Waals surface area contributed by atoms with Crippen LogP contribution in [0.2, 0.25) is 0 Å². The van der Waals surface area contributed by atoms with Crippen molar-refractivity contribution < 1.29 is 9.59 Å². The number of amides is 2. The molecule has 1 N–H and O–H groups in total. The molecule has 90 valence electrons. The predicted molar refractivity (Wildman–Crippen MR) is 65.2 cm³/mol. The van der Waals surface area contributed by atoms with Crippen molar-refractivity contribution in [3.05, 3.63) is 34.3 Å². The maximum Gasteiger partial charge on any atom is 0.270 e. The molecule has 0 fully saturated rings. The first kappa shape index (κ1) is 10.8. The molecule has 0 saturated heterocycles. The third kappa shape index (κ3) is 1.73. The van der Waals surface area contributed by atoms with Gasteiger partial charge >= 0.3 is 0 Å². The Bertz CT molecular complexity index is 703. The molecule has 0 aliphatic carbocycles. The highest BCUT2D eigenvalue weighted by Gasteiger charge is 2.21. The third-order valence-corrected chi connectivity index (χ3v) is 3.09. The van der Waals surface area contributed by atoms with E-state index >= 15 is 0 Å². The highest BCUT2D eigenvalue weighted by atomic mass is 16.2. The van der Waals surface area contributed by atoms with Gasteiger partial charge in [0.15, 0.2) is 0 Å². The minimum absolute atomic E-state index is 0.0656. The molecule has 1 atom stereocenters. The van der Waals surface area contributed by atoms with E-state index in [1.807, 2.05) is 19.1 Å². The van der Waals surface area contributed by atoms with Crippen molar-refractivity contribution in [2.45, 2.75) is 13.3 Å². The van der Waals surface area contributed by atoms with Crippen LogP contribution in [0.5, 0.6) is 0 Å². The average molecular weight is 241 g/mol. The summed E-state index contributed by atoms with van der Waals surface area (Å²) in [4.78, 5) is 26.2. The summed E-state index contributed by atoms with van der Waals surface area (Å²) in [5, 5.41) is 5.59. The standard InChI is InChI=1S/C13H11N3O2/c1-7-4-12(18)15-16-13(7)8-2-3-10-9(5-8)6-11(17)14-10/h2-3,5-7H,4H2,1H3,(H,15,18). The van der Waals surface area contributed by atoms with Crippen LogP contribution < -0.4 is 16.0 Å². The molecule has 2 heterocycles. The van der Waals surface area contributed by atoms with Crippen LogP contribution in [-0.2, 0) is 9.59 Å². The van der Waals surface area contributed by atoms with Crippen LogP contribution in [0.15, 0.2) is 28.3 Å². The Morgan fingerprint density at radius 3 is 2.94 bits per heavy atom. The first-order valence-electron chi connectivity index (χ1n) is 5.75. The lowest BCUT2D eigenvalue weighted by Crippen LogP contribution is -2.33. The van der Waals surface area contributed by atoms with Gasteiger partial charge in [-0.15, -0.1) is 0 Å². The number of hydrogen-bond acceptors (Lipinski definition) is 3. The number of rotatable bonds is 1. The summed E-state index contributed by atoms with van der Waals surface area (Å²) in [6, 6.07) is 5.57. The van der Waals surface area contributed by atoms with Crippen LogP contribution >= 0.6 is 0 Å². The Morgan fingerprint density at radius 2 is 2.17 bits per heavy atom. The fourth-order valence-corrected chi connectivity index (χ4v) is 2.22. The Hall–Kier alpha value is -2.30. The minimum Gasteiger partial charge on any atom is -0.273 e. The topological polar surface area (TPSA) is 70.9 Å². The lowest BCUT2D eigenvalue weighted by molar-refractivity contribution is -0.121. The fourth-order valence-electron chi connectivity index (χ4n) is 2.22. The van der Waals surface area contributed by atoms with E-state index < -0.39 is 0 Å². The SMILES string of the molecule is CC1CC(=O)NN=C1c1ccc2c(c1)=CC(=O)N=2. The van der Waals surface area contributed by atoms with Gasteiger partial charge in [0, 0.05) is 23.6 Å². The van der Waals surface area contributed by atoms with Gasteiger partial charge in [-0.25, -0.2) is 10.4 Å². The van der Waals surface area contributed by atoms with E-state index in [9.17, 15) is 9.59 Å². The first-order chi connectivity index (χ1) is 8.63. The molecule has 3 rings (SSSR count). The lowest BCUT2D eigenvalue weighted by atomic mass is 9.94. The van der Waals surface area contributed by atoms with E-state index in [0.29, 0.717) is 11.8 Å². The second kappa shape index (κ2) is 3.87. The Kier molecular flexibility index (Phi) is 2.33. The van der Waals surface area contributed by atoms with Gasteiger partial charge in [0.2, 0.25) is 5.91 Å². The normalized spacial score (nSPS) is 21.6. The van der Waals surface area contributed by atoms with Crippen LogP contribution in [-0.4, -0.2) is 17.5 Å². The molecule has 5 heteroatoms. The summed E-state index contributed by atoms with van der Waals surface area (Å²) >= 11 is 0. The van der Waals surface area contributed by atoms with Gasteiger partial charge in [0.05, 0.1) is 11.1 Å². The van der Waals surface area contributed by atoms with Crippen LogP contribution in [0.1, 0.15) is 18.9 Å². The van der Waals surface area contributed by atoms with Crippen molar-refractivity contribution in [2.24, 2.45) is 16.0 Å². The minimum atomic E-state index is -0.228. The van der Waals surface area contributed by atoms with E-state index in [2.05, 4.69) is 15.5 Å².